The summed E-state index contributed by atoms with van der Waals surface area (Å²) >= 11 is 0. The maximum atomic E-state index is 10.5. The van der Waals surface area contributed by atoms with Crippen molar-refractivity contribution < 1.29 is 98.6 Å². The molecule has 0 radical (unpaired) electrons. The SMILES string of the molecule is O=C(O)C(=O)O.O=C(OF)C(=O)OF.O=P(O)(O)O.[H-].[Na+]. The smallest absolute Gasteiger partial charge is 1.00 e. The zero-order valence-corrected chi connectivity index (χ0v) is 12.2. The van der Waals surface area contributed by atoms with E-state index in [1.165, 1.54) is 0 Å². The van der Waals surface area contributed by atoms with E-state index in [4.69, 9.17) is 39.0 Å². The molecule has 0 spiro atoms. The van der Waals surface area contributed by atoms with E-state index in [1.807, 2.05) is 0 Å². The van der Waals surface area contributed by atoms with E-state index >= 15 is 0 Å². The van der Waals surface area contributed by atoms with E-state index in [2.05, 4.69) is 9.88 Å². The molecule has 0 atom stereocenters. The van der Waals surface area contributed by atoms with Crippen molar-refractivity contribution in [2.75, 3.05) is 0 Å². The van der Waals surface area contributed by atoms with Crippen molar-refractivity contribution in [3.63, 3.8) is 0 Å². The van der Waals surface area contributed by atoms with Crippen LogP contribution in [-0.2, 0) is 33.6 Å². The normalized spacial score (nSPS) is 8.25. The Morgan fingerprint density at radius 2 is 1.00 bits per heavy atom. The molecule has 0 amide bonds. The zero-order valence-electron chi connectivity index (χ0n) is 10.3. The van der Waals surface area contributed by atoms with Gasteiger partial charge in [0, 0.05) is 9.05 Å². The first-order chi connectivity index (χ1) is 8.36. The maximum absolute atomic E-state index is 10.5. The average Bonchev–Trinajstić information content (AvgIpc) is 2.25. The Balaban J connectivity index is -0.0000000598. The third-order valence-corrected chi connectivity index (χ3v) is 0.490. The van der Waals surface area contributed by atoms with Gasteiger partial charge in [0.1, 0.15) is 0 Å². The second-order valence-electron chi connectivity index (χ2n) is 1.85. The van der Waals surface area contributed by atoms with Gasteiger partial charge in [0.15, 0.2) is 0 Å². The molecule has 0 unspecified atom stereocenters. The van der Waals surface area contributed by atoms with Crippen LogP contribution in [0, 0.1) is 0 Å². The summed E-state index contributed by atoms with van der Waals surface area (Å²) in [6.07, 6.45) is 0. The van der Waals surface area contributed by atoms with Gasteiger partial charge in [0.2, 0.25) is 0 Å². The molecule has 0 bridgehead atoms. The van der Waals surface area contributed by atoms with E-state index in [1.54, 1.807) is 0 Å². The Morgan fingerprint density at radius 1 is 0.850 bits per heavy atom. The van der Waals surface area contributed by atoms with E-state index in [-0.39, 0.29) is 31.0 Å². The number of halogens is 2. The maximum Gasteiger partial charge on any atom is 1.00 e. The van der Waals surface area contributed by atoms with Gasteiger partial charge in [-0.2, -0.15) is 0 Å². The van der Waals surface area contributed by atoms with Gasteiger partial charge in [-0.3, -0.25) is 0 Å². The van der Waals surface area contributed by atoms with Gasteiger partial charge < -0.3 is 26.3 Å². The van der Waals surface area contributed by atoms with Crippen LogP contribution < -0.4 is 29.6 Å². The Morgan fingerprint density at radius 3 is 1.05 bits per heavy atom. The van der Waals surface area contributed by atoms with E-state index < -0.39 is 31.7 Å². The van der Waals surface area contributed by atoms with Gasteiger partial charge in [-0.1, -0.05) is 0 Å². The van der Waals surface area contributed by atoms with Crippen LogP contribution in [-0.4, -0.2) is 48.8 Å². The Kier molecular flexibility index (Phi) is 19.4. The molecule has 0 saturated heterocycles. The van der Waals surface area contributed by atoms with Crippen LogP contribution in [0.1, 0.15) is 1.43 Å². The van der Waals surface area contributed by atoms with Gasteiger partial charge >= 0.3 is 61.3 Å². The summed E-state index contributed by atoms with van der Waals surface area (Å²) in [5, 5.41) is 14.8. The number of aliphatic carboxylic acids is 2. The average molecular weight is 338 g/mol. The molecule has 0 heterocycles. The minimum absolute atomic E-state index is 0. The summed E-state index contributed by atoms with van der Waals surface area (Å²) in [6, 6.07) is 0. The number of phosphoric acid groups is 1. The molecule has 0 saturated carbocycles. The van der Waals surface area contributed by atoms with Gasteiger partial charge in [0.25, 0.3) is 0 Å². The monoisotopic (exact) mass is 338 g/mol. The predicted octanol–water partition coefficient (Wildman–Crippen LogP) is -4.81. The summed E-state index contributed by atoms with van der Waals surface area (Å²) < 4.78 is 29.9. The topological polar surface area (TPSA) is 205 Å². The van der Waals surface area contributed by atoms with Gasteiger partial charge in [-0.05, 0) is 0 Å². The van der Waals surface area contributed by atoms with Gasteiger partial charge in [0.05, 0.1) is 0 Å². The number of rotatable bonds is 0. The van der Waals surface area contributed by atoms with Crippen LogP contribution in [0.4, 0.5) is 9.05 Å². The minimum atomic E-state index is -4.64. The van der Waals surface area contributed by atoms with Gasteiger partial charge in [-0.25, -0.2) is 33.6 Å². The van der Waals surface area contributed by atoms with E-state index in [9.17, 15) is 18.6 Å². The third kappa shape index (κ3) is 36.0. The summed E-state index contributed by atoms with van der Waals surface area (Å²) in [5.41, 5.74) is 0. The Bertz CT molecular complexity index is 349. The van der Waals surface area contributed by atoms with Crippen LogP contribution in [0.15, 0.2) is 0 Å². The van der Waals surface area contributed by atoms with Crippen molar-refractivity contribution in [1.29, 1.82) is 0 Å². The van der Waals surface area contributed by atoms with E-state index in [0.717, 1.165) is 0 Å². The first kappa shape index (κ1) is 27.2. The zero-order chi connectivity index (χ0) is 16.2. The molecule has 0 aliphatic carbocycles. The fourth-order valence-electron chi connectivity index (χ4n) is 0.0630. The molecule has 5 N–H and O–H groups in total. The van der Waals surface area contributed by atoms with Crippen LogP contribution >= 0.6 is 7.82 Å². The number of hydrogen-bond acceptors (Lipinski definition) is 7. The molecular weight excluding hydrogens is 332 g/mol. The van der Waals surface area contributed by atoms with Crippen molar-refractivity contribution >= 4 is 31.7 Å². The summed E-state index contributed by atoms with van der Waals surface area (Å²) in [6.45, 7) is 0. The molecule has 0 aliphatic heterocycles. The quantitative estimate of drug-likeness (QED) is 0.160. The Hall–Kier alpha value is -1.15. The molecule has 12 nitrogen and oxygen atoms in total. The molecule has 0 aromatic carbocycles. The van der Waals surface area contributed by atoms with Crippen LogP contribution in [0.5, 0.6) is 0 Å². The minimum Gasteiger partial charge on any atom is -1.00 e. The van der Waals surface area contributed by atoms with E-state index in [0.29, 0.717) is 0 Å². The van der Waals surface area contributed by atoms with Crippen molar-refractivity contribution in [1.82, 2.24) is 0 Å². The molecule has 0 aromatic rings. The second-order valence-corrected chi connectivity index (χ2v) is 2.88. The summed E-state index contributed by atoms with van der Waals surface area (Å²) in [4.78, 5) is 63.1. The molecule has 0 aliphatic rings. The number of carboxylic acid groups (broad SMARTS) is 2. The summed E-state index contributed by atoms with van der Waals surface area (Å²) in [5.74, 6) is -7.69. The standard InChI is InChI=1S/C2F2O4.C2H2O4.Na.H3O4P.H/c3-7-1(5)2(6)8-4;3-1(4)2(5)6;;1-5(2,3)4;/h;(H,3,4)(H,5,6);;(H3,1,2,3,4);/q;;+1;;-1. The second kappa shape index (κ2) is 14.3. The van der Waals surface area contributed by atoms with Gasteiger partial charge in [-0.15, -0.1) is 0 Å². The van der Waals surface area contributed by atoms with Crippen LogP contribution in [0.25, 0.3) is 0 Å². The number of carbonyl (C=O) groups is 4. The molecule has 0 rings (SSSR count). The summed E-state index contributed by atoms with van der Waals surface area (Å²) in [7, 11) is -4.64. The van der Waals surface area contributed by atoms with Crippen LogP contribution in [0.3, 0.4) is 0 Å². The predicted molar refractivity (Wildman–Crippen MR) is 45.0 cm³/mol. The number of hydrogen-bond donors (Lipinski definition) is 5. The van der Waals surface area contributed by atoms with Crippen molar-refractivity contribution in [2.24, 2.45) is 0 Å². The molecule has 0 fully saturated rings. The number of carbonyl (C=O) groups excluding carboxylic acids is 2. The molecule has 0 aromatic heterocycles. The van der Waals surface area contributed by atoms with Crippen LogP contribution in [0.2, 0.25) is 0 Å². The fraction of sp³-hybridized carbons (Fsp3) is 0. The molecule has 114 valence electrons. The molecular formula is C4H6F2NaO12P. The largest absolute Gasteiger partial charge is 1.00 e. The van der Waals surface area contributed by atoms with Crippen molar-refractivity contribution in [3.05, 3.63) is 0 Å². The first-order valence-electron chi connectivity index (χ1n) is 3.26. The Labute approximate surface area is 130 Å². The number of carboxylic acids is 2. The fourth-order valence-corrected chi connectivity index (χ4v) is 0.0630. The van der Waals surface area contributed by atoms with Crippen molar-refractivity contribution in [2.45, 2.75) is 0 Å². The van der Waals surface area contributed by atoms with Crippen molar-refractivity contribution in [3.8, 4) is 0 Å². The third-order valence-electron chi connectivity index (χ3n) is 0.490. The first-order valence-corrected chi connectivity index (χ1v) is 4.83. The molecule has 16 heteroatoms. The molecule has 20 heavy (non-hydrogen) atoms.